The molecule has 32 heavy (non-hydrogen) atoms. The molecule has 1 unspecified atom stereocenters. The summed E-state index contributed by atoms with van der Waals surface area (Å²) in [5.41, 5.74) is 1.24. The fourth-order valence-corrected chi connectivity index (χ4v) is 4.59. The fraction of sp³-hybridized carbons (Fsp3) is 0.500. The Morgan fingerprint density at radius 3 is 2.47 bits per heavy atom. The number of halogens is 3. The van der Waals surface area contributed by atoms with Crippen LogP contribution >= 0.6 is 11.3 Å². The number of carbonyl (C=O) groups excluding carboxylic acids is 2. The van der Waals surface area contributed by atoms with Crippen LogP contribution < -0.4 is 0 Å². The molecule has 2 aliphatic rings. The highest BCUT2D eigenvalue weighted by atomic mass is 32.1. The van der Waals surface area contributed by atoms with Crippen molar-refractivity contribution in [1.82, 2.24) is 19.4 Å². The van der Waals surface area contributed by atoms with Gasteiger partial charge in [-0.25, -0.2) is 9.78 Å². The lowest BCUT2D eigenvalue weighted by molar-refractivity contribution is -0.192. The number of carboxylic acid groups (broad SMARTS) is 1. The van der Waals surface area contributed by atoms with Crippen LogP contribution in [0.5, 0.6) is 0 Å². The van der Waals surface area contributed by atoms with Crippen LogP contribution in [0.3, 0.4) is 0 Å². The molecule has 2 aromatic rings. The Hall–Kier alpha value is -2.89. The van der Waals surface area contributed by atoms with E-state index < -0.39 is 17.6 Å². The molecule has 2 aliphatic heterocycles. The van der Waals surface area contributed by atoms with E-state index in [1.807, 2.05) is 52.0 Å². The molecule has 4 rings (SSSR count). The van der Waals surface area contributed by atoms with Gasteiger partial charge in [-0.05, 0) is 31.9 Å². The molecule has 4 heterocycles. The molecule has 2 aromatic heterocycles. The van der Waals surface area contributed by atoms with Gasteiger partial charge < -0.3 is 19.5 Å². The number of carbonyl (C=O) groups is 3. The van der Waals surface area contributed by atoms with Crippen LogP contribution in [0.2, 0.25) is 0 Å². The number of carboxylic acids is 1. The smallest absolute Gasteiger partial charge is 0.475 e. The molecule has 0 aromatic carbocycles. The van der Waals surface area contributed by atoms with E-state index in [4.69, 9.17) is 9.90 Å². The Balaban J connectivity index is 0.000000360. The number of thiazole rings is 1. The van der Waals surface area contributed by atoms with E-state index in [2.05, 4.69) is 4.98 Å². The first kappa shape index (κ1) is 23.8. The highest BCUT2D eigenvalue weighted by Crippen LogP contribution is 2.41. The van der Waals surface area contributed by atoms with Crippen molar-refractivity contribution in [2.75, 3.05) is 19.6 Å². The molecule has 1 spiro atoms. The minimum Gasteiger partial charge on any atom is -0.475 e. The highest BCUT2D eigenvalue weighted by Gasteiger charge is 2.51. The van der Waals surface area contributed by atoms with Crippen LogP contribution in [0, 0.1) is 12.3 Å². The number of aromatic nitrogens is 2. The van der Waals surface area contributed by atoms with Gasteiger partial charge >= 0.3 is 12.1 Å². The van der Waals surface area contributed by atoms with Crippen molar-refractivity contribution in [1.29, 1.82) is 0 Å². The lowest BCUT2D eigenvalue weighted by Gasteiger charge is -2.23. The highest BCUT2D eigenvalue weighted by molar-refractivity contribution is 7.09. The number of hydrogen-bond donors (Lipinski definition) is 1. The van der Waals surface area contributed by atoms with Crippen LogP contribution in [0.1, 0.15) is 34.0 Å². The lowest BCUT2D eigenvalue weighted by Crippen LogP contribution is -2.38. The van der Waals surface area contributed by atoms with E-state index in [1.165, 1.54) is 0 Å². The average molecular weight is 472 g/mol. The van der Waals surface area contributed by atoms with E-state index in [0.29, 0.717) is 25.3 Å². The summed E-state index contributed by atoms with van der Waals surface area (Å²) in [6.07, 6.45) is -1.63. The average Bonchev–Trinajstić information content (AvgIpc) is 3.48. The quantitative estimate of drug-likeness (QED) is 0.741. The third-order valence-corrected chi connectivity index (χ3v) is 6.49. The Kier molecular flexibility index (Phi) is 6.63. The standard InChI is InChI=1S/C18H22N4O2S.C2HF3O2/c1-13-19-14(11-25-13)10-21-8-5-18(17(21)24)6-9-22(12-18)16(23)15-4-3-7-20(15)2;3-2(4,5)1(6)7/h3-4,7,11H,5-6,8-10,12H2,1-2H3;(H,6,7). The summed E-state index contributed by atoms with van der Waals surface area (Å²) in [5, 5.41) is 10.2. The van der Waals surface area contributed by atoms with Crippen LogP contribution in [-0.2, 0) is 23.2 Å². The molecular weight excluding hydrogens is 449 g/mol. The molecule has 1 atom stereocenters. The first-order valence-corrected chi connectivity index (χ1v) is 10.7. The number of aliphatic carboxylic acids is 1. The zero-order valence-corrected chi connectivity index (χ0v) is 18.4. The first-order valence-electron chi connectivity index (χ1n) is 9.84. The molecule has 2 saturated heterocycles. The summed E-state index contributed by atoms with van der Waals surface area (Å²) >= 11 is 1.61. The summed E-state index contributed by atoms with van der Waals surface area (Å²) < 4.78 is 33.6. The zero-order chi connectivity index (χ0) is 23.7. The van der Waals surface area contributed by atoms with Gasteiger partial charge in [0.25, 0.3) is 5.91 Å². The SMILES string of the molecule is Cc1nc(CN2CCC3(CCN(C(=O)c4cccn4C)C3)C2=O)cs1.O=C(O)C(F)(F)F. The number of nitrogens with zero attached hydrogens (tertiary/aromatic N) is 4. The van der Waals surface area contributed by atoms with Crippen LogP contribution in [0.4, 0.5) is 13.2 Å². The molecule has 12 heteroatoms. The van der Waals surface area contributed by atoms with Crippen molar-refractivity contribution in [3.8, 4) is 0 Å². The minimum atomic E-state index is -5.08. The Labute approximate surface area is 186 Å². The fourth-order valence-electron chi connectivity index (χ4n) is 3.99. The van der Waals surface area contributed by atoms with Crippen molar-refractivity contribution in [3.63, 3.8) is 0 Å². The van der Waals surface area contributed by atoms with Gasteiger partial charge in [0.2, 0.25) is 5.91 Å². The number of amides is 2. The number of aryl methyl sites for hydroxylation is 2. The summed E-state index contributed by atoms with van der Waals surface area (Å²) in [4.78, 5) is 42.9. The predicted molar refractivity (Wildman–Crippen MR) is 109 cm³/mol. The van der Waals surface area contributed by atoms with Crippen LogP contribution in [0.15, 0.2) is 23.7 Å². The topological polar surface area (TPSA) is 95.7 Å². The maximum Gasteiger partial charge on any atom is 0.490 e. The van der Waals surface area contributed by atoms with E-state index in [9.17, 15) is 22.8 Å². The number of rotatable bonds is 3. The van der Waals surface area contributed by atoms with E-state index >= 15 is 0 Å². The molecule has 2 fully saturated rings. The van der Waals surface area contributed by atoms with Gasteiger partial charge in [0, 0.05) is 38.3 Å². The first-order chi connectivity index (χ1) is 14.9. The second kappa shape index (κ2) is 8.93. The van der Waals surface area contributed by atoms with Crippen molar-refractivity contribution in [3.05, 3.63) is 40.1 Å². The second-order valence-electron chi connectivity index (χ2n) is 7.90. The third-order valence-electron chi connectivity index (χ3n) is 5.67. The summed E-state index contributed by atoms with van der Waals surface area (Å²) in [5.74, 6) is -2.56. The van der Waals surface area contributed by atoms with Gasteiger partial charge in [-0.1, -0.05) is 0 Å². The molecule has 2 amide bonds. The van der Waals surface area contributed by atoms with Gasteiger partial charge in [-0.3, -0.25) is 9.59 Å². The van der Waals surface area contributed by atoms with Crippen LogP contribution in [-0.4, -0.2) is 68.1 Å². The van der Waals surface area contributed by atoms with Gasteiger partial charge in [0.15, 0.2) is 0 Å². The lowest BCUT2D eigenvalue weighted by atomic mass is 9.85. The summed E-state index contributed by atoms with van der Waals surface area (Å²) in [6.45, 7) is 4.49. The molecular formula is C20H23F3N4O4S. The predicted octanol–water partition coefficient (Wildman–Crippen LogP) is 2.69. The van der Waals surface area contributed by atoms with Crippen LogP contribution in [0.25, 0.3) is 0 Å². The summed E-state index contributed by atoms with van der Waals surface area (Å²) in [7, 11) is 1.87. The Morgan fingerprint density at radius 1 is 1.28 bits per heavy atom. The molecule has 1 N–H and O–H groups in total. The van der Waals surface area contributed by atoms with Gasteiger partial charge in [0.05, 0.1) is 22.7 Å². The normalized spacial score (nSPS) is 20.6. The minimum absolute atomic E-state index is 0.0192. The number of alkyl halides is 3. The van der Waals surface area contributed by atoms with Crippen molar-refractivity contribution >= 4 is 29.1 Å². The third kappa shape index (κ3) is 4.95. The Bertz CT molecular complexity index is 1020. The zero-order valence-electron chi connectivity index (χ0n) is 17.6. The van der Waals surface area contributed by atoms with Gasteiger partial charge in [0.1, 0.15) is 5.69 Å². The van der Waals surface area contributed by atoms with Crippen molar-refractivity contribution in [2.24, 2.45) is 12.5 Å². The van der Waals surface area contributed by atoms with Gasteiger partial charge in [-0.15, -0.1) is 11.3 Å². The Morgan fingerprint density at radius 2 is 1.94 bits per heavy atom. The maximum atomic E-state index is 13.0. The van der Waals surface area contributed by atoms with E-state index in [1.54, 1.807) is 11.3 Å². The summed E-state index contributed by atoms with van der Waals surface area (Å²) in [6, 6.07) is 3.71. The molecule has 0 saturated carbocycles. The number of hydrogen-bond acceptors (Lipinski definition) is 5. The largest absolute Gasteiger partial charge is 0.490 e. The van der Waals surface area contributed by atoms with Gasteiger partial charge in [-0.2, -0.15) is 13.2 Å². The monoisotopic (exact) mass is 472 g/mol. The van der Waals surface area contributed by atoms with Crippen molar-refractivity contribution < 1.29 is 32.7 Å². The molecule has 8 nitrogen and oxygen atoms in total. The molecule has 0 radical (unpaired) electrons. The maximum absolute atomic E-state index is 13.0. The second-order valence-corrected chi connectivity index (χ2v) is 8.96. The molecule has 0 bridgehead atoms. The van der Waals surface area contributed by atoms with Crippen molar-refractivity contribution in [2.45, 2.75) is 32.5 Å². The molecule has 174 valence electrons. The van der Waals surface area contributed by atoms with E-state index in [0.717, 1.165) is 30.1 Å². The van der Waals surface area contributed by atoms with E-state index in [-0.39, 0.29) is 11.8 Å². The number of likely N-dealkylation sites (tertiary alicyclic amines) is 2. The molecule has 0 aliphatic carbocycles.